The molecular weight excluding hydrogens is 438 g/mol. The number of hydrogen-bond donors (Lipinski definition) is 2. The molecule has 0 radical (unpaired) electrons. The first-order valence-corrected chi connectivity index (χ1v) is 11.1. The molecule has 0 bridgehead atoms. The number of anilines is 1. The predicted octanol–water partition coefficient (Wildman–Crippen LogP) is 6.76. The summed E-state index contributed by atoms with van der Waals surface area (Å²) in [5.41, 5.74) is 4.98. The Labute approximate surface area is 188 Å². The van der Waals surface area contributed by atoms with Crippen LogP contribution in [-0.4, -0.2) is 14.7 Å². The molecule has 5 heteroatoms. The van der Waals surface area contributed by atoms with Gasteiger partial charge in [0.2, 0.25) is 5.95 Å². The molecule has 4 nitrogen and oxygen atoms in total. The molecule has 0 saturated carbocycles. The van der Waals surface area contributed by atoms with Gasteiger partial charge in [-0.05, 0) is 57.3 Å². The molecule has 0 aliphatic carbocycles. The van der Waals surface area contributed by atoms with Crippen LogP contribution >= 0.6 is 15.9 Å². The predicted molar refractivity (Wildman–Crippen MR) is 129 cm³/mol. The highest BCUT2D eigenvalue weighted by atomic mass is 79.9. The fourth-order valence-corrected chi connectivity index (χ4v) is 3.85. The topological polar surface area (TPSA) is 50.1 Å². The van der Waals surface area contributed by atoms with Crippen molar-refractivity contribution in [3.05, 3.63) is 63.8 Å². The molecular formula is C25H32BrN3O. The maximum atomic E-state index is 10.9. The number of aromatic hydroxyl groups is 1. The Hall–Kier alpha value is -2.27. The van der Waals surface area contributed by atoms with Crippen LogP contribution in [0.1, 0.15) is 58.2 Å². The summed E-state index contributed by atoms with van der Waals surface area (Å²) in [6.07, 6.45) is 1.89. The number of rotatable bonds is 4. The van der Waals surface area contributed by atoms with E-state index in [-0.39, 0.29) is 10.8 Å². The van der Waals surface area contributed by atoms with E-state index in [2.05, 4.69) is 96.6 Å². The molecule has 2 N–H and O–H groups in total. The third-order valence-corrected chi connectivity index (χ3v) is 5.89. The van der Waals surface area contributed by atoms with Crippen LogP contribution in [0.3, 0.4) is 0 Å². The Morgan fingerprint density at radius 1 is 0.967 bits per heavy atom. The molecule has 0 aliphatic heterocycles. The zero-order valence-electron chi connectivity index (χ0n) is 19.0. The van der Waals surface area contributed by atoms with Crippen molar-refractivity contribution in [3.63, 3.8) is 0 Å². The Morgan fingerprint density at radius 2 is 1.50 bits per heavy atom. The molecule has 3 rings (SSSR count). The summed E-state index contributed by atoms with van der Waals surface area (Å²) in [6, 6.07) is 12.4. The van der Waals surface area contributed by atoms with E-state index in [0.29, 0.717) is 12.3 Å². The zero-order chi connectivity index (χ0) is 22.3. The maximum Gasteiger partial charge on any atom is 0.203 e. The molecule has 0 amide bonds. The van der Waals surface area contributed by atoms with Gasteiger partial charge in [-0.1, -0.05) is 69.6 Å². The Bertz CT molecular complexity index is 1000. The molecule has 0 saturated heterocycles. The summed E-state index contributed by atoms with van der Waals surface area (Å²) in [6.45, 7) is 13.4. The van der Waals surface area contributed by atoms with Gasteiger partial charge in [-0.25, -0.2) is 4.98 Å². The average molecular weight is 470 g/mol. The van der Waals surface area contributed by atoms with E-state index < -0.39 is 0 Å². The second kappa shape index (κ2) is 8.10. The van der Waals surface area contributed by atoms with Gasteiger partial charge in [0.05, 0.1) is 11.9 Å². The first kappa shape index (κ1) is 22.4. The smallest absolute Gasteiger partial charge is 0.203 e. The van der Waals surface area contributed by atoms with Crippen molar-refractivity contribution in [1.82, 2.24) is 9.55 Å². The molecule has 0 unspecified atom stereocenters. The van der Waals surface area contributed by atoms with Crippen molar-refractivity contribution in [3.8, 4) is 17.0 Å². The fourth-order valence-electron chi connectivity index (χ4n) is 3.58. The van der Waals surface area contributed by atoms with Crippen LogP contribution in [0.4, 0.5) is 5.95 Å². The van der Waals surface area contributed by atoms with Crippen molar-refractivity contribution < 1.29 is 5.11 Å². The van der Waals surface area contributed by atoms with Crippen molar-refractivity contribution in [2.45, 2.75) is 58.9 Å². The summed E-state index contributed by atoms with van der Waals surface area (Å²) in [5, 5.41) is 14.4. The lowest BCUT2D eigenvalue weighted by atomic mass is 9.78. The first-order valence-electron chi connectivity index (χ1n) is 10.3. The summed E-state index contributed by atoms with van der Waals surface area (Å²) >= 11 is 3.48. The molecule has 30 heavy (non-hydrogen) atoms. The Morgan fingerprint density at radius 3 is 2.00 bits per heavy atom. The minimum Gasteiger partial charge on any atom is -0.507 e. The summed E-state index contributed by atoms with van der Waals surface area (Å²) in [5.74, 6) is 1.23. The molecule has 2 aromatic carbocycles. The van der Waals surface area contributed by atoms with Crippen LogP contribution < -0.4 is 5.32 Å². The third kappa shape index (κ3) is 4.72. The van der Waals surface area contributed by atoms with Crippen LogP contribution in [0.25, 0.3) is 11.3 Å². The molecule has 160 valence electrons. The van der Waals surface area contributed by atoms with Gasteiger partial charge >= 0.3 is 0 Å². The maximum absolute atomic E-state index is 10.9. The van der Waals surface area contributed by atoms with Gasteiger partial charge in [-0.3, -0.25) is 0 Å². The zero-order valence-corrected chi connectivity index (χ0v) is 20.6. The quantitative estimate of drug-likeness (QED) is 0.443. The van der Waals surface area contributed by atoms with Gasteiger partial charge in [0.25, 0.3) is 0 Å². The monoisotopic (exact) mass is 469 g/mol. The lowest BCUT2D eigenvalue weighted by molar-refractivity contribution is 0.423. The standard InChI is InChI=1S/C25H32BrN3O/c1-24(2,3)19-12-16(13-20(22(19)30)25(4,5)6)14-27-23-28-15-21(29(23)7)17-8-10-18(26)11-9-17/h8-13,15,30H,14H2,1-7H3,(H,27,28). The number of nitrogens with zero attached hydrogens (tertiary/aromatic N) is 2. The first-order chi connectivity index (χ1) is 13.9. The van der Waals surface area contributed by atoms with Crippen molar-refractivity contribution >= 4 is 21.9 Å². The van der Waals surface area contributed by atoms with Gasteiger partial charge < -0.3 is 15.0 Å². The van der Waals surface area contributed by atoms with E-state index in [9.17, 15) is 5.11 Å². The van der Waals surface area contributed by atoms with E-state index >= 15 is 0 Å². The Kier molecular flexibility index (Phi) is 6.06. The van der Waals surface area contributed by atoms with E-state index in [1.165, 1.54) is 0 Å². The van der Waals surface area contributed by atoms with Crippen molar-refractivity contribution in [2.24, 2.45) is 7.05 Å². The second-order valence-electron chi connectivity index (χ2n) is 9.93. The van der Waals surface area contributed by atoms with Crippen LogP contribution in [0, 0.1) is 0 Å². The van der Waals surface area contributed by atoms with Gasteiger partial charge in [0.15, 0.2) is 0 Å². The lowest BCUT2D eigenvalue weighted by Crippen LogP contribution is -2.18. The van der Waals surface area contributed by atoms with Crippen LogP contribution in [0.5, 0.6) is 5.75 Å². The van der Waals surface area contributed by atoms with Crippen LogP contribution in [-0.2, 0) is 24.4 Å². The van der Waals surface area contributed by atoms with Crippen LogP contribution in [0.15, 0.2) is 47.1 Å². The molecule has 0 atom stereocenters. The Balaban J connectivity index is 1.90. The fraction of sp³-hybridized carbons (Fsp3) is 0.400. The molecule has 1 heterocycles. The van der Waals surface area contributed by atoms with Gasteiger partial charge in [-0.15, -0.1) is 0 Å². The number of imidazole rings is 1. The number of aromatic nitrogens is 2. The number of phenols is 1. The SMILES string of the molecule is Cn1c(-c2ccc(Br)cc2)cnc1NCc1cc(C(C)(C)C)c(O)c(C(C)(C)C)c1. The lowest BCUT2D eigenvalue weighted by Gasteiger charge is -2.28. The number of hydrogen-bond acceptors (Lipinski definition) is 3. The summed E-state index contributed by atoms with van der Waals surface area (Å²) in [7, 11) is 2.02. The van der Waals surface area contributed by atoms with E-state index in [1.807, 2.05) is 25.4 Å². The minimum absolute atomic E-state index is 0.141. The summed E-state index contributed by atoms with van der Waals surface area (Å²) < 4.78 is 3.13. The third-order valence-electron chi connectivity index (χ3n) is 5.36. The normalized spacial score (nSPS) is 12.3. The highest BCUT2D eigenvalue weighted by molar-refractivity contribution is 9.10. The number of benzene rings is 2. The summed E-state index contributed by atoms with van der Waals surface area (Å²) in [4.78, 5) is 4.58. The highest BCUT2D eigenvalue weighted by Gasteiger charge is 2.26. The van der Waals surface area contributed by atoms with Crippen LogP contribution in [0.2, 0.25) is 0 Å². The number of halogens is 1. The van der Waals surface area contributed by atoms with Gasteiger partial charge in [0, 0.05) is 18.1 Å². The van der Waals surface area contributed by atoms with E-state index in [1.54, 1.807) is 0 Å². The van der Waals surface area contributed by atoms with Crippen molar-refractivity contribution in [2.75, 3.05) is 5.32 Å². The molecule has 1 aromatic heterocycles. The number of nitrogens with one attached hydrogen (secondary N) is 1. The number of phenolic OH excluding ortho intramolecular Hbond substituents is 1. The van der Waals surface area contributed by atoms with Gasteiger partial charge in [-0.2, -0.15) is 0 Å². The molecule has 0 aliphatic rings. The van der Waals surface area contributed by atoms with E-state index in [4.69, 9.17) is 0 Å². The van der Waals surface area contributed by atoms with E-state index in [0.717, 1.165) is 38.4 Å². The second-order valence-corrected chi connectivity index (χ2v) is 10.8. The largest absolute Gasteiger partial charge is 0.507 e. The van der Waals surface area contributed by atoms with Gasteiger partial charge in [0.1, 0.15) is 5.75 Å². The molecule has 0 spiro atoms. The average Bonchev–Trinajstić information content (AvgIpc) is 3.00. The minimum atomic E-state index is -0.141. The highest BCUT2D eigenvalue weighted by Crippen LogP contribution is 2.40. The molecule has 0 fully saturated rings. The van der Waals surface area contributed by atoms with Crippen molar-refractivity contribution in [1.29, 1.82) is 0 Å². The molecule has 3 aromatic rings.